The first kappa shape index (κ1) is 11.1. The van der Waals surface area contributed by atoms with Gasteiger partial charge < -0.3 is 10.8 Å². The number of aliphatic hydroxyl groups excluding tert-OH is 1. The van der Waals surface area contributed by atoms with Gasteiger partial charge in [0.15, 0.2) is 0 Å². The second-order valence-electron chi connectivity index (χ2n) is 3.73. The lowest BCUT2D eigenvalue weighted by Crippen LogP contribution is -1.93. The van der Waals surface area contributed by atoms with Crippen molar-refractivity contribution < 1.29 is 5.11 Å². The number of hydrogen-bond donors (Lipinski definition) is 2. The zero-order valence-electron chi connectivity index (χ0n) is 8.79. The summed E-state index contributed by atoms with van der Waals surface area (Å²) in [7, 11) is 0. The Labute approximate surface area is 85.8 Å². The molecule has 2 nitrogen and oxygen atoms in total. The van der Waals surface area contributed by atoms with Crippen molar-refractivity contribution in [3.63, 3.8) is 0 Å². The maximum atomic E-state index is 8.62. The Morgan fingerprint density at radius 2 is 2.00 bits per heavy atom. The van der Waals surface area contributed by atoms with Crippen LogP contribution in [0.4, 0.5) is 5.69 Å². The van der Waals surface area contributed by atoms with Crippen molar-refractivity contribution in [3.05, 3.63) is 29.3 Å². The maximum Gasteiger partial charge on any atom is 0.0431 e. The number of anilines is 1. The zero-order valence-corrected chi connectivity index (χ0v) is 8.79. The molecule has 0 spiro atoms. The summed E-state index contributed by atoms with van der Waals surface area (Å²) in [5.41, 5.74) is 9.13. The molecule has 0 unspecified atom stereocenters. The first-order valence-corrected chi connectivity index (χ1v) is 5.20. The average molecular weight is 193 g/mol. The lowest BCUT2D eigenvalue weighted by molar-refractivity contribution is 0.283. The number of aliphatic hydroxyl groups is 1. The first-order chi connectivity index (χ1) is 6.74. The van der Waals surface area contributed by atoms with E-state index >= 15 is 0 Å². The van der Waals surface area contributed by atoms with Crippen LogP contribution >= 0.6 is 0 Å². The molecule has 0 aliphatic carbocycles. The molecule has 0 fully saturated rings. The highest BCUT2D eigenvalue weighted by molar-refractivity contribution is 5.48. The van der Waals surface area contributed by atoms with E-state index in [2.05, 4.69) is 12.1 Å². The number of nitrogen functional groups attached to an aromatic ring is 1. The van der Waals surface area contributed by atoms with E-state index in [1.807, 2.05) is 13.0 Å². The topological polar surface area (TPSA) is 46.2 Å². The Balaban J connectivity index is 2.39. The van der Waals surface area contributed by atoms with Gasteiger partial charge in [-0.05, 0) is 43.4 Å². The van der Waals surface area contributed by atoms with Gasteiger partial charge in [0.05, 0.1) is 0 Å². The monoisotopic (exact) mass is 193 g/mol. The van der Waals surface area contributed by atoms with Gasteiger partial charge in [0.25, 0.3) is 0 Å². The molecule has 78 valence electrons. The van der Waals surface area contributed by atoms with E-state index in [4.69, 9.17) is 10.8 Å². The molecule has 0 bridgehead atoms. The molecule has 0 atom stereocenters. The number of nitrogens with two attached hydrogens (primary N) is 1. The molecule has 2 heteroatoms. The quantitative estimate of drug-likeness (QED) is 0.556. The third kappa shape index (κ3) is 3.38. The number of hydrogen-bond acceptors (Lipinski definition) is 2. The molecule has 0 heterocycles. The van der Waals surface area contributed by atoms with Crippen molar-refractivity contribution >= 4 is 5.69 Å². The van der Waals surface area contributed by atoms with E-state index in [1.54, 1.807) is 0 Å². The van der Waals surface area contributed by atoms with E-state index in [0.717, 1.165) is 36.9 Å². The van der Waals surface area contributed by atoms with Gasteiger partial charge in [-0.25, -0.2) is 0 Å². The van der Waals surface area contributed by atoms with Gasteiger partial charge in [0.2, 0.25) is 0 Å². The standard InChI is InChI=1S/C12H19NO/c1-10-6-7-11(9-12(10)13)5-3-2-4-8-14/h6-7,9,14H,2-5,8,13H2,1H3. The van der Waals surface area contributed by atoms with E-state index < -0.39 is 0 Å². The van der Waals surface area contributed by atoms with Crippen molar-refractivity contribution in [1.82, 2.24) is 0 Å². The van der Waals surface area contributed by atoms with E-state index in [1.165, 1.54) is 5.56 Å². The highest BCUT2D eigenvalue weighted by Gasteiger charge is 1.96. The smallest absolute Gasteiger partial charge is 0.0431 e. The molecule has 0 saturated heterocycles. The SMILES string of the molecule is Cc1ccc(CCCCCO)cc1N. The van der Waals surface area contributed by atoms with Crippen LogP contribution in [0.5, 0.6) is 0 Å². The Kier molecular flexibility index (Phi) is 4.47. The van der Waals surface area contributed by atoms with Crippen LogP contribution in [0.3, 0.4) is 0 Å². The average Bonchev–Trinajstić information content (AvgIpc) is 2.18. The number of benzene rings is 1. The Morgan fingerprint density at radius 1 is 1.21 bits per heavy atom. The molecule has 14 heavy (non-hydrogen) atoms. The third-order valence-electron chi connectivity index (χ3n) is 2.47. The zero-order chi connectivity index (χ0) is 10.4. The Morgan fingerprint density at radius 3 is 2.64 bits per heavy atom. The lowest BCUT2D eigenvalue weighted by Gasteiger charge is -2.04. The van der Waals surface area contributed by atoms with Crippen molar-refractivity contribution in [1.29, 1.82) is 0 Å². The molecule has 1 rings (SSSR count). The van der Waals surface area contributed by atoms with Gasteiger partial charge in [0.1, 0.15) is 0 Å². The van der Waals surface area contributed by atoms with Crippen molar-refractivity contribution in [2.75, 3.05) is 12.3 Å². The van der Waals surface area contributed by atoms with Gasteiger partial charge in [-0.2, -0.15) is 0 Å². The van der Waals surface area contributed by atoms with Crippen molar-refractivity contribution in [3.8, 4) is 0 Å². The Hall–Kier alpha value is -1.02. The molecule has 3 N–H and O–H groups in total. The molecule has 0 saturated carbocycles. The van der Waals surface area contributed by atoms with E-state index in [9.17, 15) is 0 Å². The summed E-state index contributed by atoms with van der Waals surface area (Å²) in [6.45, 7) is 2.32. The number of rotatable bonds is 5. The van der Waals surface area contributed by atoms with Crippen molar-refractivity contribution in [2.24, 2.45) is 0 Å². The fourth-order valence-corrected chi connectivity index (χ4v) is 1.46. The van der Waals surface area contributed by atoms with E-state index in [0.29, 0.717) is 6.61 Å². The van der Waals surface area contributed by atoms with Crippen LogP contribution in [0, 0.1) is 6.92 Å². The van der Waals surface area contributed by atoms with Crippen LogP contribution in [0.1, 0.15) is 30.4 Å². The highest BCUT2D eigenvalue weighted by Crippen LogP contribution is 2.14. The summed E-state index contributed by atoms with van der Waals surface area (Å²) in [5.74, 6) is 0. The molecule has 0 amide bonds. The minimum Gasteiger partial charge on any atom is -0.399 e. The predicted molar refractivity (Wildman–Crippen MR) is 60.2 cm³/mol. The highest BCUT2D eigenvalue weighted by atomic mass is 16.2. The lowest BCUT2D eigenvalue weighted by atomic mass is 10.0. The summed E-state index contributed by atoms with van der Waals surface area (Å²) in [6.07, 6.45) is 4.18. The van der Waals surface area contributed by atoms with Crippen LogP contribution in [0.15, 0.2) is 18.2 Å². The summed E-state index contributed by atoms with van der Waals surface area (Å²) in [6, 6.07) is 6.25. The fraction of sp³-hybridized carbons (Fsp3) is 0.500. The second-order valence-corrected chi connectivity index (χ2v) is 3.73. The van der Waals surface area contributed by atoms with Gasteiger partial charge >= 0.3 is 0 Å². The molecule has 0 aromatic heterocycles. The molecule has 0 radical (unpaired) electrons. The van der Waals surface area contributed by atoms with Crippen LogP contribution < -0.4 is 5.73 Å². The number of aryl methyl sites for hydroxylation is 2. The fourth-order valence-electron chi connectivity index (χ4n) is 1.46. The first-order valence-electron chi connectivity index (χ1n) is 5.20. The van der Waals surface area contributed by atoms with Crippen LogP contribution in [0.25, 0.3) is 0 Å². The summed E-state index contributed by atoms with van der Waals surface area (Å²) < 4.78 is 0. The van der Waals surface area contributed by atoms with Crippen LogP contribution in [0.2, 0.25) is 0 Å². The van der Waals surface area contributed by atoms with Gasteiger partial charge in [0, 0.05) is 12.3 Å². The molecular weight excluding hydrogens is 174 g/mol. The Bertz CT molecular complexity index is 284. The van der Waals surface area contributed by atoms with Gasteiger partial charge in [-0.15, -0.1) is 0 Å². The van der Waals surface area contributed by atoms with Crippen LogP contribution in [-0.4, -0.2) is 11.7 Å². The summed E-state index contributed by atoms with van der Waals surface area (Å²) in [4.78, 5) is 0. The van der Waals surface area contributed by atoms with Crippen molar-refractivity contribution in [2.45, 2.75) is 32.6 Å². The largest absolute Gasteiger partial charge is 0.399 e. The minimum absolute atomic E-state index is 0.302. The predicted octanol–water partition coefficient (Wildman–Crippen LogP) is 2.28. The van der Waals surface area contributed by atoms with E-state index in [-0.39, 0.29) is 0 Å². The molecule has 1 aromatic rings. The molecule has 0 aliphatic rings. The van der Waals surface area contributed by atoms with Gasteiger partial charge in [-0.1, -0.05) is 18.6 Å². The summed E-state index contributed by atoms with van der Waals surface area (Å²) >= 11 is 0. The molecule has 0 aliphatic heterocycles. The molecular formula is C12H19NO. The van der Waals surface area contributed by atoms with Crippen LogP contribution in [-0.2, 0) is 6.42 Å². The van der Waals surface area contributed by atoms with Gasteiger partial charge in [-0.3, -0.25) is 0 Å². The molecule has 1 aromatic carbocycles. The number of unbranched alkanes of at least 4 members (excludes halogenated alkanes) is 2. The maximum absolute atomic E-state index is 8.62. The normalized spacial score (nSPS) is 10.4. The summed E-state index contributed by atoms with van der Waals surface area (Å²) in [5, 5.41) is 8.62. The minimum atomic E-state index is 0.302. The second kappa shape index (κ2) is 5.66. The third-order valence-corrected chi connectivity index (χ3v) is 2.47.